The van der Waals surface area contributed by atoms with E-state index in [-0.39, 0.29) is 11.5 Å². The van der Waals surface area contributed by atoms with Gasteiger partial charge in [-0.1, -0.05) is 37.3 Å². The Morgan fingerprint density at radius 3 is 2.39 bits per heavy atom. The molecule has 174 valence electrons. The lowest BCUT2D eigenvalue weighted by Gasteiger charge is -2.25. The first kappa shape index (κ1) is 24.0. The lowest BCUT2D eigenvalue weighted by molar-refractivity contribution is -0.147. The van der Waals surface area contributed by atoms with Gasteiger partial charge in [0.05, 0.1) is 18.8 Å². The van der Waals surface area contributed by atoms with E-state index in [9.17, 15) is 9.59 Å². The van der Waals surface area contributed by atoms with Crippen LogP contribution in [0.1, 0.15) is 33.5 Å². The van der Waals surface area contributed by atoms with E-state index < -0.39 is 5.54 Å². The van der Waals surface area contributed by atoms with Crippen LogP contribution in [-0.4, -0.2) is 34.3 Å². The third-order valence-corrected chi connectivity index (χ3v) is 5.15. The molecule has 0 fully saturated rings. The maximum atomic E-state index is 12.7. The average Bonchev–Trinajstić information content (AvgIpc) is 2.81. The molecule has 0 bridgehead atoms. The summed E-state index contributed by atoms with van der Waals surface area (Å²) in [6.45, 7) is 8.39. The summed E-state index contributed by atoms with van der Waals surface area (Å²) >= 11 is 0. The van der Waals surface area contributed by atoms with Crippen LogP contribution in [0.25, 0.3) is 11.3 Å². The van der Waals surface area contributed by atoms with Crippen molar-refractivity contribution in [2.24, 2.45) is 0 Å². The second-order valence-corrected chi connectivity index (χ2v) is 8.11. The molecule has 7 heteroatoms. The summed E-state index contributed by atoms with van der Waals surface area (Å²) in [4.78, 5) is 29.5. The highest BCUT2D eigenvalue weighted by Crippen LogP contribution is 2.20. The zero-order valence-electron chi connectivity index (χ0n) is 19.6. The fraction of sp³-hybridized carbons (Fsp3) is 0.346. The Kier molecular flexibility index (Phi) is 7.87. The van der Waals surface area contributed by atoms with Crippen molar-refractivity contribution in [2.75, 3.05) is 18.5 Å². The van der Waals surface area contributed by atoms with Gasteiger partial charge in [0.2, 0.25) is 0 Å². The largest absolute Gasteiger partial charge is 0.492 e. The van der Waals surface area contributed by atoms with Gasteiger partial charge in [-0.05, 0) is 45.0 Å². The molecule has 0 spiro atoms. The number of aromatic nitrogens is 2. The Bertz CT molecular complexity index is 1120. The zero-order valence-corrected chi connectivity index (χ0v) is 19.6. The first-order valence-electron chi connectivity index (χ1n) is 11.2. The van der Waals surface area contributed by atoms with E-state index in [1.807, 2.05) is 61.5 Å². The normalized spacial score (nSPS) is 11.2. The van der Waals surface area contributed by atoms with E-state index in [4.69, 9.17) is 9.47 Å². The molecule has 0 aliphatic heterocycles. The molecule has 0 radical (unpaired) electrons. The molecular formula is C26H31N3O4. The topological polar surface area (TPSA) is 82.4 Å². The van der Waals surface area contributed by atoms with Gasteiger partial charge in [0.15, 0.2) is 0 Å². The summed E-state index contributed by atoms with van der Waals surface area (Å²) in [5.74, 6) is 1.09. The molecule has 0 aliphatic carbocycles. The summed E-state index contributed by atoms with van der Waals surface area (Å²) in [5, 5.41) is 3.17. The zero-order chi connectivity index (χ0) is 23.8. The second-order valence-electron chi connectivity index (χ2n) is 8.11. The minimum Gasteiger partial charge on any atom is -0.492 e. The maximum absolute atomic E-state index is 12.7. The molecule has 33 heavy (non-hydrogen) atoms. The van der Waals surface area contributed by atoms with Gasteiger partial charge in [0.25, 0.3) is 5.56 Å². The number of hydrogen-bond acceptors (Lipinski definition) is 6. The number of ether oxygens (including phenoxy) is 2. The van der Waals surface area contributed by atoms with Crippen molar-refractivity contribution in [3.63, 3.8) is 0 Å². The monoisotopic (exact) mass is 449 g/mol. The van der Waals surface area contributed by atoms with Crippen molar-refractivity contribution in [2.45, 2.75) is 46.2 Å². The molecule has 1 aromatic heterocycles. The molecule has 7 nitrogen and oxygen atoms in total. The van der Waals surface area contributed by atoms with Gasteiger partial charge < -0.3 is 14.8 Å². The van der Waals surface area contributed by atoms with Crippen molar-refractivity contribution < 1.29 is 14.3 Å². The molecule has 0 aliphatic rings. The van der Waals surface area contributed by atoms with Gasteiger partial charge in [0.1, 0.15) is 23.7 Å². The Hall–Kier alpha value is -3.61. The van der Waals surface area contributed by atoms with Gasteiger partial charge in [-0.3, -0.25) is 9.36 Å². The van der Waals surface area contributed by atoms with Crippen molar-refractivity contribution in [1.29, 1.82) is 0 Å². The number of rotatable bonds is 10. The van der Waals surface area contributed by atoms with Crippen LogP contribution in [0.15, 0.2) is 65.5 Å². The average molecular weight is 450 g/mol. The number of esters is 1. The van der Waals surface area contributed by atoms with E-state index in [2.05, 4.69) is 10.3 Å². The highest BCUT2D eigenvalue weighted by molar-refractivity contribution is 5.83. The molecular weight excluding hydrogens is 418 g/mol. The summed E-state index contributed by atoms with van der Waals surface area (Å²) in [6.07, 6.45) is 0.645. The van der Waals surface area contributed by atoms with Crippen LogP contribution < -0.4 is 15.6 Å². The molecule has 0 amide bonds. The van der Waals surface area contributed by atoms with E-state index in [0.717, 1.165) is 17.1 Å². The predicted octanol–water partition coefficient (Wildman–Crippen LogP) is 4.31. The molecule has 0 atom stereocenters. The SMILES string of the molecule is CCOC(=O)C(C)(C)Nc1ccc(OCCn2c(CC)nc(-c3ccccc3)cc2=O)cc1. The number of benzene rings is 2. The number of nitrogens with zero attached hydrogens (tertiary/aromatic N) is 2. The van der Waals surface area contributed by atoms with Gasteiger partial charge >= 0.3 is 5.97 Å². The number of aryl methyl sites for hydroxylation is 1. The molecule has 1 N–H and O–H groups in total. The third kappa shape index (κ3) is 6.22. The quantitative estimate of drug-likeness (QED) is 0.465. The van der Waals surface area contributed by atoms with Crippen LogP contribution in [-0.2, 0) is 22.5 Å². The molecule has 0 saturated heterocycles. The van der Waals surface area contributed by atoms with E-state index in [1.54, 1.807) is 31.4 Å². The van der Waals surface area contributed by atoms with E-state index in [0.29, 0.717) is 37.6 Å². The van der Waals surface area contributed by atoms with Crippen LogP contribution >= 0.6 is 0 Å². The Labute approximate surface area is 194 Å². The first-order chi connectivity index (χ1) is 15.8. The van der Waals surface area contributed by atoms with Crippen molar-refractivity contribution in [3.05, 3.63) is 76.8 Å². The fourth-order valence-corrected chi connectivity index (χ4v) is 3.43. The van der Waals surface area contributed by atoms with Gasteiger partial charge in [-0.15, -0.1) is 0 Å². The molecule has 3 rings (SSSR count). The molecule has 1 heterocycles. The van der Waals surface area contributed by atoms with Crippen LogP contribution in [0.4, 0.5) is 5.69 Å². The number of carbonyl (C=O) groups is 1. The van der Waals surface area contributed by atoms with Crippen LogP contribution in [0, 0.1) is 0 Å². The summed E-state index contributed by atoms with van der Waals surface area (Å²) in [6, 6.07) is 18.6. The second kappa shape index (κ2) is 10.8. The Balaban J connectivity index is 1.62. The predicted molar refractivity (Wildman–Crippen MR) is 130 cm³/mol. The lowest BCUT2D eigenvalue weighted by atomic mass is 10.1. The van der Waals surface area contributed by atoms with Crippen LogP contribution in [0.5, 0.6) is 5.75 Å². The number of anilines is 1. The Morgan fingerprint density at radius 2 is 1.76 bits per heavy atom. The number of hydrogen-bond donors (Lipinski definition) is 1. The lowest BCUT2D eigenvalue weighted by Crippen LogP contribution is -2.41. The number of carbonyl (C=O) groups excluding carboxylic acids is 1. The highest BCUT2D eigenvalue weighted by Gasteiger charge is 2.28. The third-order valence-electron chi connectivity index (χ3n) is 5.15. The number of nitrogens with one attached hydrogen (secondary N) is 1. The van der Waals surface area contributed by atoms with E-state index in [1.165, 1.54) is 0 Å². The molecule has 0 saturated carbocycles. The summed E-state index contributed by atoms with van der Waals surface area (Å²) < 4.78 is 12.6. The van der Waals surface area contributed by atoms with Gasteiger partial charge in [-0.2, -0.15) is 0 Å². The summed E-state index contributed by atoms with van der Waals surface area (Å²) in [5.41, 5.74) is 1.46. The minimum absolute atomic E-state index is 0.0925. The summed E-state index contributed by atoms with van der Waals surface area (Å²) in [7, 11) is 0. The molecule has 2 aromatic carbocycles. The van der Waals surface area contributed by atoms with Crippen LogP contribution in [0.2, 0.25) is 0 Å². The van der Waals surface area contributed by atoms with E-state index >= 15 is 0 Å². The minimum atomic E-state index is -0.838. The van der Waals surface area contributed by atoms with Gasteiger partial charge in [0, 0.05) is 23.7 Å². The fourth-order valence-electron chi connectivity index (χ4n) is 3.43. The molecule has 0 unspecified atom stereocenters. The molecule has 3 aromatic rings. The standard InChI is InChI=1S/C26H31N3O4/c1-5-23-27-22(19-10-8-7-9-11-19)18-24(30)29(23)16-17-33-21-14-12-20(13-15-21)28-26(3,4)25(31)32-6-2/h7-15,18,28H,5-6,16-17H2,1-4H3. The Morgan fingerprint density at radius 1 is 1.06 bits per heavy atom. The van der Waals surface area contributed by atoms with Crippen molar-refractivity contribution >= 4 is 11.7 Å². The first-order valence-corrected chi connectivity index (χ1v) is 11.2. The highest BCUT2D eigenvalue weighted by atomic mass is 16.5. The maximum Gasteiger partial charge on any atom is 0.331 e. The van der Waals surface area contributed by atoms with Crippen molar-refractivity contribution in [1.82, 2.24) is 9.55 Å². The van der Waals surface area contributed by atoms with Crippen LogP contribution in [0.3, 0.4) is 0 Å². The van der Waals surface area contributed by atoms with Crippen molar-refractivity contribution in [3.8, 4) is 17.0 Å². The smallest absolute Gasteiger partial charge is 0.331 e. The van der Waals surface area contributed by atoms with Gasteiger partial charge in [-0.25, -0.2) is 9.78 Å².